The summed E-state index contributed by atoms with van der Waals surface area (Å²) in [6.45, 7) is 2.17. The molecule has 1 aliphatic rings. The zero-order valence-corrected chi connectivity index (χ0v) is 10.2. The first-order valence-corrected chi connectivity index (χ1v) is 6.05. The summed E-state index contributed by atoms with van der Waals surface area (Å²) >= 11 is 0. The Bertz CT molecular complexity index is 407. The van der Waals surface area contributed by atoms with Crippen LogP contribution in [0.4, 0.5) is 5.82 Å². The second kappa shape index (κ2) is 5.12. The maximum Gasteiger partial charge on any atom is 0.271 e. The van der Waals surface area contributed by atoms with Crippen molar-refractivity contribution in [3.05, 3.63) is 18.1 Å². The Hall–Kier alpha value is -1.65. The van der Waals surface area contributed by atoms with E-state index in [4.69, 9.17) is 0 Å². The molecule has 5 nitrogen and oxygen atoms in total. The fourth-order valence-corrected chi connectivity index (χ4v) is 1.95. The summed E-state index contributed by atoms with van der Waals surface area (Å²) in [5, 5.41) is 5.85. The molecular weight excluding hydrogens is 216 g/mol. The fraction of sp³-hybridized carbons (Fsp3) is 0.583. The van der Waals surface area contributed by atoms with E-state index in [1.165, 1.54) is 19.0 Å². The van der Waals surface area contributed by atoms with Crippen LogP contribution in [-0.4, -0.2) is 29.0 Å². The maximum absolute atomic E-state index is 11.9. The molecule has 2 atom stereocenters. The molecule has 1 saturated carbocycles. The van der Waals surface area contributed by atoms with Gasteiger partial charge in [-0.3, -0.25) is 9.78 Å². The van der Waals surface area contributed by atoms with Crippen molar-refractivity contribution >= 4 is 11.7 Å². The molecule has 1 aromatic heterocycles. The van der Waals surface area contributed by atoms with E-state index >= 15 is 0 Å². The molecule has 1 amide bonds. The van der Waals surface area contributed by atoms with Crippen molar-refractivity contribution in [3.8, 4) is 0 Å². The van der Waals surface area contributed by atoms with Crippen LogP contribution >= 0.6 is 0 Å². The molecule has 2 rings (SSSR count). The number of nitrogens with zero attached hydrogens (tertiary/aromatic N) is 2. The number of rotatable bonds is 5. The van der Waals surface area contributed by atoms with E-state index < -0.39 is 0 Å². The molecule has 1 heterocycles. The summed E-state index contributed by atoms with van der Waals surface area (Å²) in [5.74, 6) is 1.14. The second-order valence-electron chi connectivity index (χ2n) is 4.40. The van der Waals surface area contributed by atoms with Crippen molar-refractivity contribution in [2.45, 2.75) is 32.2 Å². The monoisotopic (exact) mass is 234 g/mol. The molecule has 0 saturated heterocycles. The van der Waals surface area contributed by atoms with Crippen LogP contribution < -0.4 is 10.6 Å². The highest BCUT2D eigenvalue weighted by atomic mass is 16.2. The van der Waals surface area contributed by atoms with Crippen LogP contribution in [0.3, 0.4) is 0 Å². The van der Waals surface area contributed by atoms with Gasteiger partial charge in [-0.25, -0.2) is 4.98 Å². The molecule has 0 bridgehead atoms. The van der Waals surface area contributed by atoms with Gasteiger partial charge in [-0.1, -0.05) is 13.3 Å². The number of hydrogen-bond donors (Lipinski definition) is 2. The number of amides is 1. The van der Waals surface area contributed by atoms with Crippen LogP contribution in [-0.2, 0) is 0 Å². The van der Waals surface area contributed by atoms with Gasteiger partial charge in [0.05, 0.1) is 12.4 Å². The number of carbonyl (C=O) groups excluding carboxylic acids is 1. The third-order valence-corrected chi connectivity index (χ3v) is 3.02. The molecule has 0 aliphatic heterocycles. The van der Waals surface area contributed by atoms with Gasteiger partial charge in [0.25, 0.3) is 5.91 Å². The van der Waals surface area contributed by atoms with Crippen LogP contribution in [0.2, 0.25) is 0 Å². The highest BCUT2D eigenvalue weighted by Gasteiger charge is 2.37. The predicted molar refractivity (Wildman–Crippen MR) is 65.8 cm³/mol. The van der Waals surface area contributed by atoms with Gasteiger partial charge in [-0.05, 0) is 18.8 Å². The normalized spacial score (nSPS) is 22.0. The third kappa shape index (κ3) is 2.93. The lowest BCUT2D eigenvalue weighted by molar-refractivity contribution is 0.0943. The van der Waals surface area contributed by atoms with Crippen LogP contribution in [0.15, 0.2) is 12.4 Å². The molecular formula is C12H18N4O. The number of anilines is 1. The van der Waals surface area contributed by atoms with E-state index in [1.807, 2.05) is 0 Å². The largest absolute Gasteiger partial charge is 0.372 e. The van der Waals surface area contributed by atoms with Crippen LogP contribution in [0.1, 0.15) is 36.7 Å². The highest BCUT2D eigenvalue weighted by Crippen LogP contribution is 2.34. The lowest BCUT2D eigenvalue weighted by Crippen LogP contribution is -2.28. The van der Waals surface area contributed by atoms with Crippen LogP contribution in [0.5, 0.6) is 0 Å². The van der Waals surface area contributed by atoms with E-state index in [9.17, 15) is 4.79 Å². The minimum absolute atomic E-state index is 0.127. The SMILES string of the molecule is CCCC1CC1NC(=O)c1cncc(NC)n1. The first-order valence-electron chi connectivity index (χ1n) is 6.05. The first kappa shape index (κ1) is 11.8. The lowest BCUT2D eigenvalue weighted by atomic mass is 10.2. The Balaban J connectivity index is 1.91. The summed E-state index contributed by atoms with van der Waals surface area (Å²) in [4.78, 5) is 20.0. The van der Waals surface area contributed by atoms with Crippen molar-refractivity contribution in [3.63, 3.8) is 0 Å². The van der Waals surface area contributed by atoms with Crippen molar-refractivity contribution in [1.82, 2.24) is 15.3 Å². The molecule has 5 heteroatoms. The van der Waals surface area contributed by atoms with Gasteiger partial charge < -0.3 is 10.6 Å². The Kier molecular flexibility index (Phi) is 3.56. The predicted octanol–water partition coefficient (Wildman–Crippen LogP) is 1.44. The average molecular weight is 234 g/mol. The van der Waals surface area contributed by atoms with Gasteiger partial charge in [-0.15, -0.1) is 0 Å². The quantitative estimate of drug-likeness (QED) is 0.809. The Morgan fingerprint density at radius 2 is 2.35 bits per heavy atom. The van der Waals surface area contributed by atoms with Crippen molar-refractivity contribution < 1.29 is 4.79 Å². The Morgan fingerprint density at radius 3 is 3.06 bits per heavy atom. The van der Waals surface area contributed by atoms with Gasteiger partial charge in [0.15, 0.2) is 0 Å². The zero-order chi connectivity index (χ0) is 12.3. The Labute approximate surface area is 101 Å². The van der Waals surface area contributed by atoms with Crippen molar-refractivity contribution in [2.75, 3.05) is 12.4 Å². The summed E-state index contributed by atoms with van der Waals surface area (Å²) in [5.41, 5.74) is 0.374. The van der Waals surface area contributed by atoms with Gasteiger partial charge in [0, 0.05) is 13.1 Å². The number of aromatic nitrogens is 2. The van der Waals surface area contributed by atoms with E-state index in [2.05, 4.69) is 27.5 Å². The molecule has 1 aromatic rings. The number of nitrogens with one attached hydrogen (secondary N) is 2. The van der Waals surface area contributed by atoms with Crippen LogP contribution in [0, 0.1) is 5.92 Å². The minimum atomic E-state index is -0.127. The smallest absolute Gasteiger partial charge is 0.271 e. The molecule has 0 aromatic carbocycles. The van der Waals surface area contributed by atoms with Gasteiger partial charge >= 0.3 is 0 Å². The molecule has 2 N–H and O–H groups in total. The van der Waals surface area contributed by atoms with E-state index in [0.717, 1.165) is 6.42 Å². The molecule has 92 valence electrons. The Morgan fingerprint density at radius 1 is 1.53 bits per heavy atom. The summed E-state index contributed by atoms with van der Waals surface area (Å²) < 4.78 is 0. The fourth-order valence-electron chi connectivity index (χ4n) is 1.95. The maximum atomic E-state index is 11.9. The van der Waals surface area contributed by atoms with Crippen LogP contribution in [0.25, 0.3) is 0 Å². The minimum Gasteiger partial charge on any atom is -0.372 e. The topological polar surface area (TPSA) is 66.9 Å². The van der Waals surface area contributed by atoms with Gasteiger partial charge in [0.2, 0.25) is 0 Å². The van der Waals surface area contributed by atoms with Crippen molar-refractivity contribution in [2.24, 2.45) is 5.92 Å². The highest BCUT2D eigenvalue weighted by molar-refractivity contribution is 5.92. The third-order valence-electron chi connectivity index (χ3n) is 3.02. The van der Waals surface area contributed by atoms with E-state index in [0.29, 0.717) is 23.5 Å². The molecule has 0 radical (unpaired) electrons. The number of carbonyl (C=O) groups is 1. The van der Waals surface area contributed by atoms with E-state index in [-0.39, 0.29) is 5.91 Å². The van der Waals surface area contributed by atoms with Gasteiger partial charge in [-0.2, -0.15) is 0 Å². The summed E-state index contributed by atoms with van der Waals surface area (Å²) in [6, 6.07) is 0.336. The standard InChI is InChI=1S/C12H18N4O/c1-3-4-8-5-9(8)16-12(17)10-6-14-7-11(13-2)15-10/h6-9H,3-5H2,1-2H3,(H,13,15)(H,16,17). The molecule has 0 spiro atoms. The summed E-state index contributed by atoms with van der Waals surface area (Å²) in [7, 11) is 1.75. The van der Waals surface area contributed by atoms with Gasteiger partial charge in [0.1, 0.15) is 11.5 Å². The molecule has 1 fully saturated rings. The van der Waals surface area contributed by atoms with E-state index in [1.54, 1.807) is 13.2 Å². The molecule has 2 unspecified atom stereocenters. The second-order valence-corrected chi connectivity index (χ2v) is 4.40. The zero-order valence-electron chi connectivity index (χ0n) is 10.2. The first-order chi connectivity index (χ1) is 8.24. The molecule has 1 aliphatic carbocycles. The van der Waals surface area contributed by atoms with Crippen molar-refractivity contribution in [1.29, 1.82) is 0 Å². The number of hydrogen-bond acceptors (Lipinski definition) is 4. The summed E-state index contributed by atoms with van der Waals surface area (Å²) in [6.07, 6.45) is 6.54. The average Bonchev–Trinajstić information content (AvgIpc) is 3.08. The lowest BCUT2D eigenvalue weighted by Gasteiger charge is -2.05. The molecule has 17 heavy (non-hydrogen) atoms.